The highest BCUT2D eigenvalue weighted by atomic mass is 16.4. The van der Waals surface area contributed by atoms with Gasteiger partial charge in [-0.3, -0.25) is 4.79 Å². The van der Waals surface area contributed by atoms with Crippen LogP contribution in [-0.2, 0) is 9.59 Å². The second-order valence-electron chi connectivity index (χ2n) is 4.17. The Labute approximate surface area is 95.7 Å². The van der Waals surface area contributed by atoms with Gasteiger partial charge in [0.15, 0.2) is 0 Å². The topological polar surface area (TPSA) is 66.4 Å². The summed E-state index contributed by atoms with van der Waals surface area (Å²) in [6.07, 6.45) is 7.74. The number of rotatable bonds is 5. The molecule has 0 heterocycles. The zero-order valence-corrected chi connectivity index (χ0v) is 9.61. The van der Waals surface area contributed by atoms with Crippen LogP contribution in [0.4, 0.5) is 0 Å². The van der Waals surface area contributed by atoms with E-state index >= 15 is 0 Å². The Hall–Kier alpha value is -1.32. The quantitative estimate of drug-likeness (QED) is 0.700. The summed E-state index contributed by atoms with van der Waals surface area (Å²) in [5.74, 6) is -1.12. The summed E-state index contributed by atoms with van der Waals surface area (Å²) in [7, 11) is 0. The number of carboxylic acid groups (broad SMARTS) is 1. The Morgan fingerprint density at radius 3 is 2.75 bits per heavy atom. The summed E-state index contributed by atoms with van der Waals surface area (Å²) in [6, 6.07) is -0.733. The number of carboxylic acids is 1. The normalized spacial score (nSPS) is 21.4. The molecule has 0 fully saturated rings. The van der Waals surface area contributed by atoms with Crippen LogP contribution in [0.2, 0.25) is 0 Å². The van der Waals surface area contributed by atoms with Gasteiger partial charge in [-0.05, 0) is 25.7 Å². The molecule has 0 aromatic rings. The van der Waals surface area contributed by atoms with Crippen LogP contribution < -0.4 is 5.32 Å². The highest BCUT2D eigenvalue weighted by Crippen LogP contribution is 2.18. The van der Waals surface area contributed by atoms with E-state index in [1.54, 1.807) is 0 Å². The van der Waals surface area contributed by atoms with E-state index in [4.69, 9.17) is 5.11 Å². The second-order valence-corrected chi connectivity index (χ2v) is 4.17. The summed E-state index contributed by atoms with van der Waals surface area (Å²) in [4.78, 5) is 22.7. The highest BCUT2D eigenvalue weighted by Gasteiger charge is 2.24. The smallest absolute Gasteiger partial charge is 0.326 e. The molecule has 90 valence electrons. The van der Waals surface area contributed by atoms with Crippen molar-refractivity contribution in [1.29, 1.82) is 0 Å². The minimum atomic E-state index is -0.943. The van der Waals surface area contributed by atoms with Crippen molar-refractivity contribution in [2.45, 2.75) is 45.1 Å². The van der Waals surface area contributed by atoms with Gasteiger partial charge in [-0.15, -0.1) is 0 Å². The van der Waals surface area contributed by atoms with Crippen LogP contribution in [0.3, 0.4) is 0 Å². The standard InChI is InChI=1S/C12H19NO3/c1-2-6-10(12(15)16)13-11(14)9-7-4-3-5-8-9/h3-4,9-10H,2,5-8H2,1H3,(H,13,14)(H,15,16). The monoisotopic (exact) mass is 225 g/mol. The lowest BCUT2D eigenvalue weighted by Gasteiger charge is -2.20. The lowest BCUT2D eigenvalue weighted by molar-refractivity contribution is -0.142. The maximum atomic E-state index is 11.8. The molecule has 0 saturated carbocycles. The third kappa shape index (κ3) is 3.68. The maximum absolute atomic E-state index is 11.8. The van der Waals surface area contributed by atoms with Gasteiger partial charge in [-0.25, -0.2) is 4.79 Å². The lowest BCUT2D eigenvalue weighted by Crippen LogP contribution is -2.43. The van der Waals surface area contributed by atoms with Crippen LogP contribution in [0.15, 0.2) is 12.2 Å². The van der Waals surface area contributed by atoms with Crippen molar-refractivity contribution in [3.63, 3.8) is 0 Å². The second kappa shape index (κ2) is 6.30. The highest BCUT2D eigenvalue weighted by molar-refractivity contribution is 5.85. The van der Waals surface area contributed by atoms with Crippen molar-refractivity contribution < 1.29 is 14.7 Å². The molecular formula is C12H19NO3. The number of carbonyl (C=O) groups is 2. The molecule has 0 aromatic carbocycles. The van der Waals surface area contributed by atoms with Crippen LogP contribution in [-0.4, -0.2) is 23.0 Å². The number of nitrogens with one attached hydrogen (secondary N) is 1. The molecule has 1 rings (SSSR count). The number of hydrogen-bond acceptors (Lipinski definition) is 2. The van der Waals surface area contributed by atoms with Gasteiger partial charge in [-0.2, -0.15) is 0 Å². The Morgan fingerprint density at radius 2 is 2.25 bits per heavy atom. The predicted octanol–water partition coefficient (Wildman–Crippen LogP) is 1.71. The predicted molar refractivity (Wildman–Crippen MR) is 61.0 cm³/mol. The van der Waals surface area contributed by atoms with E-state index < -0.39 is 12.0 Å². The molecule has 4 nitrogen and oxygen atoms in total. The number of carbonyl (C=O) groups excluding carboxylic acids is 1. The summed E-state index contributed by atoms with van der Waals surface area (Å²) in [5, 5.41) is 11.5. The lowest BCUT2D eigenvalue weighted by atomic mass is 9.93. The van der Waals surface area contributed by atoms with Crippen molar-refractivity contribution in [3.8, 4) is 0 Å². The van der Waals surface area contributed by atoms with Crippen molar-refractivity contribution in [2.24, 2.45) is 5.92 Å². The number of amides is 1. The fourth-order valence-electron chi connectivity index (χ4n) is 1.87. The van der Waals surface area contributed by atoms with Crippen molar-refractivity contribution in [3.05, 3.63) is 12.2 Å². The minimum absolute atomic E-state index is 0.0521. The van der Waals surface area contributed by atoms with Crippen LogP contribution >= 0.6 is 0 Å². The Morgan fingerprint density at radius 1 is 1.50 bits per heavy atom. The third-order valence-corrected chi connectivity index (χ3v) is 2.83. The summed E-state index contributed by atoms with van der Waals surface area (Å²) >= 11 is 0. The van der Waals surface area contributed by atoms with E-state index in [1.807, 2.05) is 13.0 Å². The average Bonchev–Trinajstić information content (AvgIpc) is 2.29. The number of allylic oxidation sites excluding steroid dienone is 2. The SMILES string of the molecule is CCCC(NC(=O)C1CC=CCC1)C(=O)O. The Balaban J connectivity index is 2.47. The molecule has 2 unspecified atom stereocenters. The van der Waals surface area contributed by atoms with Gasteiger partial charge in [0.25, 0.3) is 0 Å². The molecule has 2 atom stereocenters. The first-order chi connectivity index (χ1) is 7.65. The van der Waals surface area contributed by atoms with E-state index in [9.17, 15) is 9.59 Å². The minimum Gasteiger partial charge on any atom is -0.480 e. The van der Waals surface area contributed by atoms with E-state index in [0.717, 1.165) is 25.7 Å². The van der Waals surface area contributed by atoms with Crippen LogP contribution in [0.1, 0.15) is 39.0 Å². The summed E-state index contributed by atoms with van der Waals surface area (Å²) < 4.78 is 0. The van der Waals surface area contributed by atoms with Crippen molar-refractivity contribution in [2.75, 3.05) is 0 Å². The largest absolute Gasteiger partial charge is 0.480 e. The summed E-state index contributed by atoms with van der Waals surface area (Å²) in [5.41, 5.74) is 0. The maximum Gasteiger partial charge on any atom is 0.326 e. The van der Waals surface area contributed by atoms with Gasteiger partial charge < -0.3 is 10.4 Å². The molecule has 1 aliphatic carbocycles. The molecule has 4 heteroatoms. The zero-order valence-electron chi connectivity index (χ0n) is 9.61. The van der Waals surface area contributed by atoms with E-state index in [1.165, 1.54) is 0 Å². The number of hydrogen-bond donors (Lipinski definition) is 2. The molecule has 1 amide bonds. The van der Waals surface area contributed by atoms with Gasteiger partial charge >= 0.3 is 5.97 Å². The molecule has 0 aromatic heterocycles. The van der Waals surface area contributed by atoms with Crippen molar-refractivity contribution in [1.82, 2.24) is 5.32 Å². The van der Waals surface area contributed by atoms with Gasteiger partial charge in [0.1, 0.15) is 6.04 Å². The van der Waals surface area contributed by atoms with Crippen LogP contribution in [0, 0.1) is 5.92 Å². The van der Waals surface area contributed by atoms with Gasteiger partial charge in [0.05, 0.1) is 0 Å². The first-order valence-corrected chi connectivity index (χ1v) is 5.83. The fourth-order valence-corrected chi connectivity index (χ4v) is 1.87. The Kier molecular flexibility index (Phi) is 5.02. The van der Waals surface area contributed by atoms with Crippen molar-refractivity contribution >= 4 is 11.9 Å². The molecular weight excluding hydrogens is 206 g/mol. The molecule has 2 N–H and O–H groups in total. The van der Waals surface area contributed by atoms with Gasteiger partial charge in [-0.1, -0.05) is 25.5 Å². The zero-order chi connectivity index (χ0) is 12.0. The first-order valence-electron chi connectivity index (χ1n) is 5.83. The molecule has 0 bridgehead atoms. The molecule has 16 heavy (non-hydrogen) atoms. The van der Waals surface area contributed by atoms with Gasteiger partial charge in [0, 0.05) is 5.92 Å². The molecule has 0 saturated heterocycles. The number of aliphatic carboxylic acids is 1. The molecule has 0 aliphatic heterocycles. The molecule has 1 aliphatic rings. The third-order valence-electron chi connectivity index (χ3n) is 2.83. The summed E-state index contributed by atoms with van der Waals surface area (Å²) in [6.45, 7) is 1.91. The average molecular weight is 225 g/mol. The molecule has 0 radical (unpaired) electrons. The Bertz CT molecular complexity index is 286. The van der Waals surface area contributed by atoms with E-state index in [2.05, 4.69) is 11.4 Å². The van der Waals surface area contributed by atoms with E-state index in [-0.39, 0.29) is 11.8 Å². The van der Waals surface area contributed by atoms with Gasteiger partial charge in [0.2, 0.25) is 5.91 Å². The fraction of sp³-hybridized carbons (Fsp3) is 0.667. The van der Waals surface area contributed by atoms with E-state index in [0.29, 0.717) is 6.42 Å². The molecule has 0 spiro atoms. The van der Waals surface area contributed by atoms with Crippen LogP contribution in [0.25, 0.3) is 0 Å². The first kappa shape index (κ1) is 12.7. The van der Waals surface area contributed by atoms with Crippen LogP contribution in [0.5, 0.6) is 0 Å².